The van der Waals surface area contributed by atoms with Crippen molar-refractivity contribution >= 4 is 5.96 Å². The lowest BCUT2D eigenvalue weighted by Crippen LogP contribution is -2.53. The summed E-state index contributed by atoms with van der Waals surface area (Å²) in [5.41, 5.74) is 1.75. The Morgan fingerprint density at radius 2 is 2.11 bits per heavy atom. The van der Waals surface area contributed by atoms with Crippen LogP contribution in [0.4, 0.5) is 4.39 Å². The van der Waals surface area contributed by atoms with E-state index in [2.05, 4.69) is 15.2 Å². The van der Waals surface area contributed by atoms with E-state index < -0.39 is 0 Å². The number of hydrogen-bond donors (Lipinski definition) is 1. The van der Waals surface area contributed by atoms with E-state index in [1.165, 1.54) is 0 Å². The SMILES string of the molecule is CN=C(NCc1ccc(F)c(CN(C)C)c1)N1CCOC(C2CCCO2)C1. The quantitative estimate of drug-likeness (QED) is 0.626. The number of nitrogens with zero attached hydrogens (tertiary/aromatic N) is 3. The van der Waals surface area contributed by atoms with Gasteiger partial charge in [-0.2, -0.15) is 0 Å². The monoisotopic (exact) mass is 378 g/mol. The molecular weight excluding hydrogens is 347 g/mol. The Balaban J connectivity index is 1.58. The van der Waals surface area contributed by atoms with Crippen LogP contribution in [0, 0.1) is 5.82 Å². The number of benzene rings is 1. The first kappa shape index (κ1) is 20.0. The largest absolute Gasteiger partial charge is 0.375 e. The minimum absolute atomic E-state index is 0.0947. The smallest absolute Gasteiger partial charge is 0.194 e. The molecule has 1 N–H and O–H groups in total. The summed E-state index contributed by atoms with van der Waals surface area (Å²) in [6.07, 6.45) is 2.46. The molecule has 0 aromatic heterocycles. The van der Waals surface area contributed by atoms with Crippen LogP contribution in [-0.2, 0) is 22.6 Å². The van der Waals surface area contributed by atoms with Crippen LogP contribution >= 0.6 is 0 Å². The van der Waals surface area contributed by atoms with E-state index in [4.69, 9.17) is 9.47 Å². The fourth-order valence-electron chi connectivity index (χ4n) is 3.70. The summed E-state index contributed by atoms with van der Waals surface area (Å²) >= 11 is 0. The molecule has 0 radical (unpaired) electrons. The molecule has 0 spiro atoms. The number of ether oxygens (including phenoxy) is 2. The highest BCUT2D eigenvalue weighted by atomic mass is 19.1. The van der Waals surface area contributed by atoms with Gasteiger partial charge in [-0.25, -0.2) is 4.39 Å². The number of guanidine groups is 1. The number of halogens is 1. The number of hydrogen-bond acceptors (Lipinski definition) is 4. The highest BCUT2D eigenvalue weighted by molar-refractivity contribution is 5.80. The first-order valence-electron chi connectivity index (χ1n) is 9.67. The van der Waals surface area contributed by atoms with Crippen LogP contribution in [0.15, 0.2) is 23.2 Å². The summed E-state index contributed by atoms with van der Waals surface area (Å²) in [6, 6.07) is 5.29. The maximum atomic E-state index is 14.0. The zero-order valence-electron chi connectivity index (χ0n) is 16.6. The van der Waals surface area contributed by atoms with Gasteiger partial charge in [0.15, 0.2) is 5.96 Å². The molecule has 2 fully saturated rings. The van der Waals surface area contributed by atoms with Crippen molar-refractivity contribution in [2.24, 2.45) is 4.99 Å². The topological polar surface area (TPSA) is 49.3 Å². The Labute approximate surface area is 161 Å². The summed E-state index contributed by atoms with van der Waals surface area (Å²) in [6.45, 7) is 4.28. The molecule has 2 aliphatic heterocycles. The van der Waals surface area contributed by atoms with E-state index in [1.54, 1.807) is 13.1 Å². The van der Waals surface area contributed by atoms with Crippen LogP contribution in [-0.4, -0.2) is 75.4 Å². The van der Waals surface area contributed by atoms with Crippen molar-refractivity contribution in [3.05, 3.63) is 35.1 Å². The van der Waals surface area contributed by atoms with Crippen LogP contribution in [0.1, 0.15) is 24.0 Å². The third-order valence-electron chi connectivity index (χ3n) is 5.03. The standard InChI is InChI=1S/C20H31FN4O2/c1-22-20(25-8-10-27-19(14-25)18-5-4-9-26-18)23-12-15-6-7-17(21)16(11-15)13-24(2)3/h6-7,11,18-19H,4-5,8-10,12-14H2,1-3H3,(H,22,23). The molecule has 2 heterocycles. The molecule has 150 valence electrons. The van der Waals surface area contributed by atoms with Crippen LogP contribution in [0.25, 0.3) is 0 Å². The van der Waals surface area contributed by atoms with Crippen molar-refractivity contribution in [3.8, 4) is 0 Å². The third kappa shape index (κ3) is 5.40. The van der Waals surface area contributed by atoms with Crippen molar-refractivity contribution in [1.82, 2.24) is 15.1 Å². The summed E-state index contributed by atoms with van der Waals surface area (Å²) in [4.78, 5) is 8.62. The molecule has 1 aromatic rings. The van der Waals surface area contributed by atoms with Gasteiger partial charge in [-0.1, -0.05) is 6.07 Å². The van der Waals surface area contributed by atoms with E-state index in [1.807, 2.05) is 31.1 Å². The van der Waals surface area contributed by atoms with Crippen LogP contribution in [0.3, 0.4) is 0 Å². The van der Waals surface area contributed by atoms with Gasteiger partial charge in [0.05, 0.1) is 12.7 Å². The molecule has 2 unspecified atom stereocenters. The zero-order chi connectivity index (χ0) is 19.2. The fourth-order valence-corrected chi connectivity index (χ4v) is 3.70. The highest BCUT2D eigenvalue weighted by Crippen LogP contribution is 2.21. The lowest BCUT2D eigenvalue weighted by atomic mass is 10.1. The molecule has 1 aromatic carbocycles. The average molecular weight is 378 g/mol. The molecule has 0 aliphatic carbocycles. The Bertz CT molecular complexity index is 647. The Morgan fingerprint density at radius 1 is 1.30 bits per heavy atom. The van der Waals surface area contributed by atoms with Gasteiger partial charge in [0, 0.05) is 45.4 Å². The third-order valence-corrected chi connectivity index (χ3v) is 5.03. The summed E-state index contributed by atoms with van der Waals surface area (Å²) in [5, 5.41) is 3.41. The number of aliphatic imine (C=N–C) groups is 1. The molecule has 0 saturated carbocycles. The van der Waals surface area contributed by atoms with Gasteiger partial charge in [-0.15, -0.1) is 0 Å². The predicted molar refractivity (Wildman–Crippen MR) is 104 cm³/mol. The van der Waals surface area contributed by atoms with Gasteiger partial charge in [0.25, 0.3) is 0 Å². The summed E-state index contributed by atoms with van der Waals surface area (Å²) < 4.78 is 25.7. The van der Waals surface area contributed by atoms with Gasteiger partial charge < -0.3 is 24.6 Å². The van der Waals surface area contributed by atoms with Gasteiger partial charge >= 0.3 is 0 Å². The number of morpholine rings is 1. The number of rotatable bonds is 5. The van der Waals surface area contributed by atoms with E-state index >= 15 is 0 Å². The Kier molecular flexibility index (Phi) is 7.04. The lowest BCUT2D eigenvalue weighted by molar-refractivity contribution is -0.0817. The minimum atomic E-state index is -0.163. The second-order valence-corrected chi connectivity index (χ2v) is 7.47. The minimum Gasteiger partial charge on any atom is -0.375 e. The lowest BCUT2D eigenvalue weighted by Gasteiger charge is -2.37. The van der Waals surface area contributed by atoms with E-state index in [-0.39, 0.29) is 18.0 Å². The summed E-state index contributed by atoms with van der Waals surface area (Å²) in [7, 11) is 5.67. The molecule has 2 atom stereocenters. The van der Waals surface area contributed by atoms with Crippen molar-refractivity contribution < 1.29 is 13.9 Å². The fraction of sp³-hybridized carbons (Fsp3) is 0.650. The van der Waals surface area contributed by atoms with Crippen LogP contribution in [0.2, 0.25) is 0 Å². The zero-order valence-corrected chi connectivity index (χ0v) is 16.6. The van der Waals surface area contributed by atoms with Crippen LogP contribution < -0.4 is 5.32 Å². The molecule has 0 bridgehead atoms. The summed E-state index contributed by atoms with van der Waals surface area (Å²) in [5.74, 6) is 0.684. The van der Waals surface area contributed by atoms with E-state index in [0.29, 0.717) is 25.3 Å². The average Bonchev–Trinajstić information content (AvgIpc) is 3.19. The van der Waals surface area contributed by atoms with Gasteiger partial charge in [0.2, 0.25) is 0 Å². The maximum absolute atomic E-state index is 14.0. The van der Waals surface area contributed by atoms with Gasteiger partial charge in [-0.05, 0) is 44.6 Å². The van der Waals surface area contributed by atoms with Gasteiger partial charge in [0.1, 0.15) is 11.9 Å². The molecule has 3 rings (SSSR count). The molecule has 6 nitrogen and oxygen atoms in total. The first-order valence-corrected chi connectivity index (χ1v) is 9.67. The second-order valence-electron chi connectivity index (χ2n) is 7.47. The van der Waals surface area contributed by atoms with Crippen molar-refractivity contribution in [2.45, 2.75) is 38.1 Å². The molecule has 2 saturated heterocycles. The van der Waals surface area contributed by atoms with Crippen LogP contribution in [0.5, 0.6) is 0 Å². The second kappa shape index (κ2) is 9.48. The van der Waals surface area contributed by atoms with Crippen molar-refractivity contribution in [1.29, 1.82) is 0 Å². The number of nitrogens with one attached hydrogen (secondary N) is 1. The Morgan fingerprint density at radius 3 is 2.81 bits per heavy atom. The normalized spacial score (nSPS) is 23.9. The molecular formula is C20H31FN4O2. The highest BCUT2D eigenvalue weighted by Gasteiger charge is 2.32. The van der Waals surface area contributed by atoms with Gasteiger partial charge in [-0.3, -0.25) is 4.99 Å². The van der Waals surface area contributed by atoms with E-state index in [9.17, 15) is 4.39 Å². The van der Waals surface area contributed by atoms with Crippen molar-refractivity contribution in [2.75, 3.05) is 47.4 Å². The van der Waals surface area contributed by atoms with E-state index in [0.717, 1.165) is 44.1 Å². The molecule has 27 heavy (non-hydrogen) atoms. The molecule has 7 heteroatoms. The van der Waals surface area contributed by atoms with Crippen molar-refractivity contribution in [3.63, 3.8) is 0 Å². The molecule has 2 aliphatic rings. The Hall–Kier alpha value is -1.70. The first-order chi connectivity index (χ1) is 13.1. The predicted octanol–water partition coefficient (Wildman–Crippen LogP) is 1.84. The molecule has 0 amide bonds. The maximum Gasteiger partial charge on any atom is 0.194 e.